The Morgan fingerprint density at radius 1 is 1.38 bits per heavy atom. The van der Waals surface area contributed by atoms with Gasteiger partial charge in [-0.25, -0.2) is 0 Å². The van der Waals surface area contributed by atoms with Crippen LogP contribution in [-0.2, 0) is 4.79 Å². The van der Waals surface area contributed by atoms with Gasteiger partial charge in [0.25, 0.3) is 5.91 Å². The molecule has 1 N–H and O–H groups in total. The minimum absolute atomic E-state index is 0.0352. The van der Waals surface area contributed by atoms with E-state index in [-0.39, 0.29) is 5.91 Å². The first-order chi connectivity index (χ1) is 7.61. The fourth-order valence-corrected chi connectivity index (χ4v) is 2.39. The minimum Gasteiger partial charge on any atom is -0.475 e. The third-order valence-electron chi connectivity index (χ3n) is 3.05. The highest BCUT2D eigenvalue weighted by atomic mass is 127. The molecule has 1 aliphatic heterocycles. The lowest BCUT2D eigenvalue weighted by atomic mass is 9.94. The van der Waals surface area contributed by atoms with Gasteiger partial charge in [0.15, 0.2) is 5.60 Å². The van der Waals surface area contributed by atoms with Crippen LogP contribution in [0.2, 0.25) is 0 Å². The zero-order chi connectivity index (χ0) is 11.8. The van der Waals surface area contributed by atoms with E-state index in [1.54, 1.807) is 0 Å². The van der Waals surface area contributed by atoms with Gasteiger partial charge in [-0.15, -0.1) is 0 Å². The smallest absolute Gasteiger partial charge is 0.268 e. The predicted octanol–water partition coefficient (Wildman–Crippen LogP) is 3.18. The molecule has 2 rings (SSSR count). The van der Waals surface area contributed by atoms with Crippen molar-refractivity contribution in [1.29, 1.82) is 0 Å². The molecule has 1 aromatic rings. The highest BCUT2D eigenvalue weighted by molar-refractivity contribution is 14.1. The van der Waals surface area contributed by atoms with E-state index in [2.05, 4.69) is 27.9 Å². The zero-order valence-corrected chi connectivity index (χ0v) is 11.5. The number of benzene rings is 1. The van der Waals surface area contributed by atoms with E-state index in [0.717, 1.165) is 15.0 Å². The first-order valence-electron chi connectivity index (χ1n) is 5.41. The monoisotopic (exact) mass is 331 g/mol. The van der Waals surface area contributed by atoms with Crippen molar-refractivity contribution in [2.75, 3.05) is 5.32 Å². The van der Waals surface area contributed by atoms with Crippen LogP contribution in [0.25, 0.3) is 0 Å². The first-order valence-corrected chi connectivity index (χ1v) is 6.49. The summed E-state index contributed by atoms with van der Waals surface area (Å²) in [4.78, 5) is 12.0. The van der Waals surface area contributed by atoms with Crippen molar-refractivity contribution in [2.24, 2.45) is 0 Å². The molecule has 86 valence electrons. The predicted molar refractivity (Wildman–Crippen MR) is 71.7 cm³/mol. The molecule has 1 heterocycles. The summed E-state index contributed by atoms with van der Waals surface area (Å²) in [6.07, 6.45) is 1.36. The number of ether oxygens (including phenoxy) is 1. The van der Waals surface area contributed by atoms with Crippen LogP contribution in [0.5, 0.6) is 5.75 Å². The molecule has 4 heteroatoms. The van der Waals surface area contributed by atoms with Gasteiger partial charge in [0.1, 0.15) is 5.75 Å². The molecule has 0 saturated carbocycles. The van der Waals surface area contributed by atoms with Crippen LogP contribution >= 0.6 is 22.6 Å². The molecular weight excluding hydrogens is 317 g/mol. The Morgan fingerprint density at radius 2 is 2.06 bits per heavy atom. The second-order valence-corrected chi connectivity index (χ2v) is 5.14. The molecule has 1 aliphatic rings. The van der Waals surface area contributed by atoms with Crippen LogP contribution in [0.15, 0.2) is 18.2 Å². The summed E-state index contributed by atoms with van der Waals surface area (Å²) in [5, 5.41) is 2.92. The van der Waals surface area contributed by atoms with Crippen molar-refractivity contribution < 1.29 is 9.53 Å². The number of hydrogen-bond donors (Lipinski definition) is 1. The van der Waals surface area contributed by atoms with Gasteiger partial charge < -0.3 is 10.1 Å². The number of hydrogen-bond acceptors (Lipinski definition) is 2. The molecule has 0 aromatic heterocycles. The number of fused-ring (bicyclic) bond motifs is 1. The number of carbonyl (C=O) groups is 1. The van der Waals surface area contributed by atoms with Crippen LogP contribution < -0.4 is 10.1 Å². The maximum absolute atomic E-state index is 12.0. The molecule has 0 fully saturated rings. The number of amides is 1. The number of nitrogens with one attached hydrogen (secondary N) is 1. The summed E-state index contributed by atoms with van der Waals surface area (Å²) < 4.78 is 6.95. The van der Waals surface area contributed by atoms with Gasteiger partial charge in [-0.1, -0.05) is 13.8 Å². The topological polar surface area (TPSA) is 38.3 Å². The largest absolute Gasteiger partial charge is 0.475 e. The van der Waals surface area contributed by atoms with E-state index in [9.17, 15) is 4.79 Å². The van der Waals surface area contributed by atoms with Gasteiger partial charge in [0.05, 0.1) is 5.69 Å². The van der Waals surface area contributed by atoms with Crippen LogP contribution in [0.4, 0.5) is 5.69 Å². The molecule has 0 radical (unpaired) electrons. The van der Waals surface area contributed by atoms with Gasteiger partial charge in [-0.3, -0.25) is 4.79 Å². The summed E-state index contributed by atoms with van der Waals surface area (Å²) in [6, 6.07) is 5.81. The minimum atomic E-state index is -0.695. The van der Waals surface area contributed by atoms with Crippen LogP contribution in [0.3, 0.4) is 0 Å². The highest BCUT2D eigenvalue weighted by Gasteiger charge is 2.41. The quantitative estimate of drug-likeness (QED) is 0.846. The van der Waals surface area contributed by atoms with Crippen molar-refractivity contribution >= 4 is 34.2 Å². The Hall–Kier alpha value is -0.780. The first kappa shape index (κ1) is 11.7. The van der Waals surface area contributed by atoms with Gasteiger partial charge in [-0.05, 0) is 53.6 Å². The third kappa shape index (κ3) is 1.79. The van der Waals surface area contributed by atoms with Crippen LogP contribution in [0, 0.1) is 3.57 Å². The van der Waals surface area contributed by atoms with Gasteiger partial charge in [0.2, 0.25) is 0 Å². The average Bonchev–Trinajstić information content (AvgIpc) is 2.28. The van der Waals surface area contributed by atoms with E-state index >= 15 is 0 Å². The van der Waals surface area contributed by atoms with Crippen molar-refractivity contribution in [2.45, 2.75) is 32.3 Å². The molecule has 0 unspecified atom stereocenters. The molecule has 16 heavy (non-hydrogen) atoms. The number of carbonyl (C=O) groups excluding carboxylic acids is 1. The molecule has 1 aromatic carbocycles. The lowest BCUT2D eigenvalue weighted by molar-refractivity contribution is -0.133. The van der Waals surface area contributed by atoms with E-state index in [1.165, 1.54) is 0 Å². The summed E-state index contributed by atoms with van der Waals surface area (Å²) >= 11 is 2.21. The van der Waals surface area contributed by atoms with Crippen LogP contribution in [0.1, 0.15) is 26.7 Å². The summed E-state index contributed by atoms with van der Waals surface area (Å²) in [5.74, 6) is 0.732. The summed E-state index contributed by atoms with van der Waals surface area (Å²) in [6.45, 7) is 3.95. The second kappa shape index (κ2) is 4.24. The van der Waals surface area contributed by atoms with Gasteiger partial charge >= 0.3 is 0 Å². The van der Waals surface area contributed by atoms with Crippen LogP contribution in [-0.4, -0.2) is 11.5 Å². The zero-order valence-electron chi connectivity index (χ0n) is 9.34. The molecule has 0 atom stereocenters. The third-order valence-corrected chi connectivity index (χ3v) is 3.72. The standard InChI is InChI=1S/C12H14INO2/c1-3-12(4-2)11(15)14-9-7-8(13)5-6-10(9)16-12/h5-7H,3-4H2,1-2H3,(H,14,15). The maximum Gasteiger partial charge on any atom is 0.268 e. The van der Waals surface area contributed by atoms with Gasteiger partial charge in [0, 0.05) is 3.57 Å². The summed E-state index contributed by atoms with van der Waals surface area (Å²) in [7, 11) is 0. The highest BCUT2D eigenvalue weighted by Crippen LogP contribution is 2.37. The van der Waals surface area contributed by atoms with E-state index in [0.29, 0.717) is 12.8 Å². The Labute approximate surface area is 109 Å². The molecule has 3 nitrogen and oxygen atoms in total. The molecule has 1 amide bonds. The molecule has 0 saturated heterocycles. The lowest BCUT2D eigenvalue weighted by Gasteiger charge is -2.36. The SMILES string of the molecule is CCC1(CC)Oc2ccc(I)cc2NC1=O. The Kier molecular flexibility index (Phi) is 3.10. The van der Waals surface area contributed by atoms with E-state index in [1.807, 2.05) is 32.0 Å². The Morgan fingerprint density at radius 3 is 2.69 bits per heavy atom. The maximum atomic E-state index is 12.0. The lowest BCUT2D eigenvalue weighted by Crippen LogP contribution is -2.49. The number of rotatable bonds is 2. The Balaban J connectivity index is 2.42. The number of halogens is 1. The van der Waals surface area contributed by atoms with Crippen molar-refractivity contribution in [3.63, 3.8) is 0 Å². The average molecular weight is 331 g/mol. The second-order valence-electron chi connectivity index (χ2n) is 3.90. The molecule has 0 aliphatic carbocycles. The van der Waals surface area contributed by atoms with E-state index in [4.69, 9.17) is 4.74 Å². The molecule has 0 bridgehead atoms. The van der Waals surface area contributed by atoms with Crippen molar-refractivity contribution in [1.82, 2.24) is 0 Å². The Bertz CT molecular complexity index is 427. The molecular formula is C12H14INO2. The fourth-order valence-electron chi connectivity index (χ4n) is 1.90. The fraction of sp³-hybridized carbons (Fsp3) is 0.417. The number of anilines is 1. The summed E-state index contributed by atoms with van der Waals surface area (Å²) in [5.41, 5.74) is 0.0780. The van der Waals surface area contributed by atoms with Gasteiger partial charge in [-0.2, -0.15) is 0 Å². The van der Waals surface area contributed by atoms with E-state index < -0.39 is 5.60 Å². The van der Waals surface area contributed by atoms with Crippen molar-refractivity contribution in [3.05, 3.63) is 21.8 Å². The van der Waals surface area contributed by atoms with Crippen molar-refractivity contribution in [3.8, 4) is 5.75 Å². The normalized spacial score (nSPS) is 17.3. The molecule has 0 spiro atoms.